The van der Waals surface area contributed by atoms with E-state index in [1.54, 1.807) is 11.1 Å². The first-order chi connectivity index (χ1) is 18.5. The van der Waals surface area contributed by atoms with Crippen molar-refractivity contribution < 1.29 is 9.59 Å². The normalized spacial score (nSPS) is 18.7. The molecule has 2 aromatic carbocycles. The summed E-state index contributed by atoms with van der Waals surface area (Å²) in [7, 11) is 0. The van der Waals surface area contributed by atoms with Crippen LogP contribution >= 0.6 is 0 Å². The van der Waals surface area contributed by atoms with Gasteiger partial charge >= 0.3 is 6.03 Å². The second-order valence-electron chi connectivity index (χ2n) is 10.3. The van der Waals surface area contributed by atoms with Gasteiger partial charge in [-0.15, -0.1) is 0 Å². The molecule has 2 aromatic heterocycles. The van der Waals surface area contributed by atoms with Gasteiger partial charge < -0.3 is 20.9 Å². The van der Waals surface area contributed by atoms with E-state index in [1.807, 2.05) is 27.7 Å². The molecule has 0 spiro atoms. The van der Waals surface area contributed by atoms with Crippen molar-refractivity contribution in [1.82, 2.24) is 29.3 Å². The number of urea groups is 1. The molecule has 2 fully saturated rings. The van der Waals surface area contributed by atoms with Gasteiger partial charge in [0.1, 0.15) is 11.6 Å². The Kier molecular flexibility index (Phi) is 5.27. The fourth-order valence-corrected chi connectivity index (χ4v) is 5.52. The molecule has 3 aliphatic rings. The Bertz CT molecular complexity index is 1580. The number of hydrogen-bond donors (Lipinski definition) is 2. The Hall–Kier alpha value is -4.47. The highest BCUT2D eigenvalue weighted by molar-refractivity contribution is 5.86. The molecule has 1 saturated carbocycles. The van der Waals surface area contributed by atoms with E-state index in [4.69, 9.17) is 15.7 Å². The fourth-order valence-electron chi connectivity index (χ4n) is 5.52. The van der Waals surface area contributed by atoms with E-state index in [-0.39, 0.29) is 17.9 Å². The Morgan fingerprint density at radius 3 is 2.61 bits per heavy atom. The maximum Gasteiger partial charge on any atom is 0.315 e. The zero-order valence-corrected chi connectivity index (χ0v) is 20.9. The van der Waals surface area contributed by atoms with Crippen LogP contribution in [0.25, 0.3) is 28.0 Å². The van der Waals surface area contributed by atoms with E-state index in [2.05, 4.69) is 40.6 Å². The lowest BCUT2D eigenvalue weighted by molar-refractivity contribution is -0.131. The second-order valence-corrected chi connectivity index (χ2v) is 10.3. The third kappa shape index (κ3) is 4.02. The number of anilines is 1. The van der Waals surface area contributed by atoms with Crippen molar-refractivity contribution in [2.45, 2.75) is 38.4 Å². The number of nitrogens with two attached hydrogens (primary N) is 1. The highest BCUT2D eigenvalue weighted by Crippen LogP contribution is 2.34. The average Bonchev–Trinajstić information content (AvgIpc) is 3.36. The van der Waals surface area contributed by atoms with Gasteiger partial charge in [-0.25, -0.2) is 14.8 Å². The first kappa shape index (κ1) is 22.7. The van der Waals surface area contributed by atoms with Crippen LogP contribution in [0.4, 0.5) is 10.7 Å². The minimum absolute atomic E-state index is 0.103. The summed E-state index contributed by atoms with van der Waals surface area (Å²) in [6.45, 7) is 2.15. The number of benzene rings is 2. The Morgan fingerprint density at radius 1 is 0.947 bits per heavy atom. The van der Waals surface area contributed by atoms with Crippen molar-refractivity contribution in [3.05, 3.63) is 66.1 Å². The topological polar surface area (TPSA) is 122 Å². The average molecular weight is 509 g/mol. The summed E-state index contributed by atoms with van der Waals surface area (Å²) < 4.78 is 2.01. The molecule has 38 heavy (non-hydrogen) atoms. The largest absolute Gasteiger partial charge is 0.351 e. The molecule has 10 heteroatoms. The van der Waals surface area contributed by atoms with Crippen LogP contribution in [-0.4, -0.2) is 60.4 Å². The molecule has 0 unspecified atom stereocenters. The third-order valence-corrected chi connectivity index (χ3v) is 7.69. The van der Waals surface area contributed by atoms with Crippen LogP contribution in [0.5, 0.6) is 0 Å². The zero-order chi connectivity index (χ0) is 25.8. The summed E-state index contributed by atoms with van der Waals surface area (Å²) >= 11 is 0. The summed E-state index contributed by atoms with van der Waals surface area (Å²) in [4.78, 5) is 42.2. The lowest BCUT2D eigenvalue weighted by Crippen LogP contribution is -2.32. The molecular weight excluding hydrogens is 480 g/mol. The molecule has 10 nitrogen and oxygen atoms in total. The number of nitrogens with one attached hydrogen (secondary N) is 1. The van der Waals surface area contributed by atoms with Crippen LogP contribution in [0.3, 0.4) is 0 Å². The van der Waals surface area contributed by atoms with E-state index in [9.17, 15) is 9.59 Å². The second kappa shape index (κ2) is 8.83. The van der Waals surface area contributed by atoms with Gasteiger partial charge in [-0.3, -0.25) is 9.36 Å². The van der Waals surface area contributed by atoms with Gasteiger partial charge in [0, 0.05) is 36.8 Å². The number of carbonyl (C=O) groups excluding carboxylic acids is 2. The van der Waals surface area contributed by atoms with Gasteiger partial charge in [-0.05, 0) is 42.2 Å². The van der Waals surface area contributed by atoms with E-state index in [0.29, 0.717) is 31.4 Å². The number of imidazole rings is 1. The number of primary amides is 1. The summed E-state index contributed by atoms with van der Waals surface area (Å²) in [6, 6.07) is 16.0. The summed E-state index contributed by atoms with van der Waals surface area (Å²) in [5, 5.41) is 5.71. The van der Waals surface area contributed by atoms with Gasteiger partial charge in [0.2, 0.25) is 11.9 Å². The number of fused-ring (bicyclic) bond motifs is 2. The predicted octanol–water partition coefficient (Wildman–Crippen LogP) is 3.30. The number of aromatic nitrogens is 4. The molecule has 3 amide bonds. The molecule has 1 atom stereocenters. The maximum atomic E-state index is 12.5. The molecule has 4 heterocycles. The molecule has 1 aliphatic carbocycles. The van der Waals surface area contributed by atoms with Gasteiger partial charge in [0.15, 0.2) is 0 Å². The van der Waals surface area contributed by atoms with Gasteiger partial charge in [-0.1, -0.05) is 36.4 Å². The van der Waals surface area contributed by atoms with Crippen molar-refractivity contribution in [2.75, 3.05) is 18.4 Å². The van der Waals surface area contributed by atoms with Gasteiger partial charge in [0.25, 0.3) is 0 Å². The fraction of sp³-hybridized carbons (Fsp3) is 0.321. The lowest BCUT2D eigenvalue weighted by atomic mass is 10.1. The SMILES string of the molecule is NC(=O)N1Cc2nc(-c3ccc4ccccc4c3)n(-c3ccnc(N[C@@H]4CCN(C(=O)C5CC5)C4)n3)c2C1. The number of carbonyl (C=O) groups is 2. The number of rotatable bonds is 5. The highest BCUT2D eigenvalue weighted by Gasteiger charge is 2.37. The Balaban J connectivity index is 1.23. The Labute approximate surface area is 219 Å². The summed E-state index contributed by atoms with van der Waals surface area (Å²) in [6.07, 6.45) is 4.62. The van der Waals surface area contributed by atoms with Crippen LogP contribution in [0.15, 0.2) is 54.7 Å². The van der Waals surface area contributed by atoms with Crippen LogP contribution < -0.4 is 11.1 Å². The van der Waals surface area contributed by atoms with Crippen LogP contribution in [-0.2, 0) is 17.9 Å². The van der Waals surface area contributed by atoms with Gasteiger partial charge in [-0.2, -0.15) is 4.98 Å². The van der Waals surface area contributed by atoms with Crippen molar-refractivity contribution in [1.29, 1.82) is 0 Å². The number of hydrogen-bond acceptors (Lipinski definition) is 6. The third-order valence-electron chi connectivity index (χ3n) is 7.69. The number of nitrogens with zero attached hydrogens (tertiary/aromatic N) is 6. The van der Waals surface area contributed by atoms with Crippen molar-refractivity contribution in [3.8, 4) is 17.2 Å². The van der Waals surface area contributed by atoms with Crippen LogP contribution in [0, 0.1) is 5.92 Å². The zero-order valence-electron chi connectivity index (χ0n) is 20.9. The molecule has 1 saturated heterocycles. The van der Waals surface area contributed by atoms with Crippen molar-refractivity contribution in [2.24, 2.45) is 11.7 Å². The maximum absolute atomic E-state index is 12.5. The first-order valence-corrected chi connectivity index (χ1v) is 13.1. The predicted molar refractivity (Wildman–Crippen MR) is 142 cm³/mol. The monoisotopic (exact) mass is 508 g/mol. The van der Waals surface area contributed by atoms with E-state index in [1.165, 1.54) is 0 Å². The standard InChI is InChI=1S/C28H28N8O2/c29-27(38)35-15-22-23(16-35)36(25(32-22)20-8-5-17-3-1-2-4-19(17)13-20)24-9-11-30-28(33-24)31-21-10-12-34(14-21)26(37)18-6-7-18/h1-5,8-9,11,13,18,21H,6-7,10,12,14-16H2,(H2,29,38)(H,30,31,33)/t21-/m1/s1. The molecule has 4 aromatic rings. The molecular formula is C28H28N8O2. The molecule has 7 rings (SSSR count). The Morgan fingerprint density at radius 2 is 1.79 bits per heavy atom. The van der Waals surface area contributed by atoms with E-state index < -0.39 is 6.03 Å². The summed E-state index contributed by atoms with van der Waals surface area (Å²) in [5.41, 5.74) is 8.25. The van der Waals surface area contributed by atoms with E-state index >= 15 is 0 Å². The minimum Gasteiger partial charge on any atom is -0.351 e. The number of amides is 3. The van der Waals surface area contributed by atoms with Crippen molar-refractivity contribution >= 4 is 28.7 Å². The van der Waals surface area contributed by atoms with E-state index in [0.717, 1.165) is 59.4 Å². The smallest absolute Gasteiger partial charge is 0.315 e. The number of likely N-dealkylation sites (tertiary alicyclic amines) is 1. The van der Waals surface area contributed by atoms with Crippen LogP contribution in [0.1, 0.15) is 30.7 Å². The van der Waals surface area contributed by atoms with Crippen molar-refractivity contribution in [3.63, 3.8) is 0 Å². The molecule has 3 N–H and O–H groups in total. The van der Waals surface area contributed by atoms with Crippen LogP contribution in [0.2, 0.25) is 0 Å². The molecule has 0 radical (unpaired) electrons. The highest BCUT2D eigenvalue weighted by atomic mass is 16.2. The minimum atomic E-state index is -0.474. The summed E-state index contributed by atoms with van der Waals surface area (Å²) in [5.74, 6) is 2.43. The quantitative estimate of drug-likeness (QED) is 0.427. The molecule has 0 bridgehead atoms. The molecule has 192 valence electrons. The van der Waals surface area contributed by atoms with Gasteiger partial charge in [0.05, 0.1) is 24.5 Å². The first-order valence-electron chi connectivity index (χ1n) is 13.1. The molecule has 2 aliphatic heterocycles. The lowest BCUT2D eigenvalue weighted by Gasteiger charge is -2.18.